The molecule has 1 aliphatic carbocycles. The number of ether oxygens (including phenoxy) is 1. The van der Waals surface area contributed by atoms with Gasteiger partial charge < -0.3 is 9.84 Å². The van der Waals surface area contributed by atoms with Crippen LogP contribution in [-0.4, -0.2) is 37.8 Å². The van der Waals surface area contributed by atoms with E-state index in [0.29, 0.717) is 28.0 Å². The molecule has 0 unspecified atom stereocenters. The van der Waals surface area contributed by atoms with Gasteiger partial charge in [-0.15, -0.1) is 5.10 Å². The van der Waals surface area contributed by atoms with Crippen molar-refractivity contribution in [2.45, 2.75) is 24.9 Å². The first-order valence-electron chi connectivity index (χ1n) is 9.45. The van der Waals surface area contributed by atoms with E-state index in [4.69, 9.17) is 4.74 Å². The number of carboxylic acid groups (broad SMARTS) is 1. The molecule has 31 heavy (non-hydrogen) atoms. The van der Waals surface area contributed by atoms with Gasteiger partial charge in [-0.1, -0.05) is 0 Å². The molecule has 158 valence electrons. The number of aromatic carboxylic acids is 1. The number of rotatable bonds is 4. The van der Waals surface area contributed by atoms with Gasteiger partial charge >= 0.3 is 12.1 Å². The van der Waals surface area contributed by atoms with Gasteiger partial charge in [-0.25, -0.2) is 19.3 Å². The Morgan fingerprint density at radius 2 is 1.87 bits per heavy atom. The molecule has 0 amide bonds. The van der Waals surface area contributed by atoms with Gasteiger partial charge in [0.25, 0.3) is 0 Å². The Morgan fingerprint density at radius 1 is 1.16 bits per heavy atom. The highest BCUT2D eigenvalue weighted by Crippen LogP contribution is 2.45. The molecule has 1 aromatic carbocycles. The number of benzene rings is 1. The summed E-state index contributed by atoms with van der Waals surface area (Å²) in [5.74, 6) is -0.712. The summed E-state index contributed by atoms with van der Waals surface area (Å²) in [6.07, 6.45) is -3.14. The lowest BCUT2D eigenvalue weighted by Gasteiger charge is -2.09. The van der Waals surface area contributed by atoms with E-state index >= 15 is 0 Å². The molecule has 0 spiro atoms. The Labute approximate surface area is 173 Å². The standard InChI is InChI=1S/C21H15F3N4O3/c1-31-12-6-4-11(5-7-12)14-9-15(20(29)30)28-19(25-14)17-13(10-2-3-10)8-16(21(22,23)24)26-18(17)27-28/h4-10H,2-3H2,1H3,(H,29,30). The van der Waals surface area contributed by atoms with Crippen LogP contribution in [0.2, 0.25) is 0 Å². The SMILES string of the molecule is COc1ccc(-c2cc(C(=O)O)n3nc4nc(C(F)(F)F)cc(C5CC5)c4c3n2)cc1. The molecule has 0 atom stereocenters. The van der Waals surface area contributed by atoms with E-state index in [1.807, 2.05) is 0 Å². The highest BCUT2D eigenvalue weighted by atomic mass is 19.4. The Kier molecular flexibility index (Phi) is 4.14. The van der Waals surface area contributed by atoms with Crippen LogP contribution in [0.3, 0.4) is 0 Å². The first kappa shape index (κ1) is 19.3. The number of methoxy groups -OCH3 is 1. The number of hydrogen-bond donors (Lipinski definition) is 1. The minimum atomic E-state index is -4.63. The molecule has 0 saturated heterocycles. The third kappa shape index (κ3) is 3.24. The number of alkyl halides is 3. The summed E-state index contributed by atoms with van der Waals surface area (Å²) in [7, 11) is 1.53. The van der Waals surface area contributed by atoms with Crippen LogP contribution in [0.1, 0.15) is 40.5 Å². The van der Waals surface area contributed by atoms with E-state index in [9.17, 15) is 23.1 Å². The molecule has 1 fully saturated rings. The largest absolute Gasteiger partial charge is 0.497 e. The van der Waals surface area contributed by atoms with Crippen LogP contribution >= 0.6 is 0 Å². The van der Waals surface area contributed by atoms with Crippen molar-refractivity contribution in [1.82, 2.24) is 19.6 Å². The highest BCUT2D eigenvalue weighted by molar-refractivity contribution is 5.97. The Morgan fingerprint density at radius 3 is 2.45 bits per heavy atom. The topological polar surface area (TPSA) is 89.6 Å². The zero-order valence-corrected chi connectivity index (χ0v) is 16.1. The number of carboxylic acids is 1. The number of aromatic nitrogens is 4. The molecule has 4 aromatic rings. The minimum Gasteiger partial charge on any atom is -0.497 e. The van der Waals surface area contributed by atoms with Crippen molar-refractivity contribution in [1.29, 1.82) is 0 Å². The van der Waals surface area contributed by atoms with Crippen molar-refractivity contribution in [3.63, 3.8) is 0 Å². The third-order valence-corrected chi connectivity index (χ3v) is 5.29. The number of halogens is 3. The monoisotopic (exact) mass is 428 g/mol. The summed E-state index contributed by atoms with van der Waals surface area (Å²) < 4.78 is 46.3. The fourth-order valence-electron chi connectivity index (χ4n) is 3.63. The first-order chi connectivity index (χ1) is 14.8. The summed E-state index contributed by atoms with van der Waals surface area (Å²) in [6, 6.07) is 9.24. The van der Waals surface area contributed by atoms with E-state index in [2.05, 4.69) is 15.1 Å². The second kappa shape index (κ2) is 6.66. The average Bonchev–Trinajstić information content (AvgIpc) is 3.52. The van der Waals surface area contributed by atoms with Gasteiger partial charge in [-0.05, 0) is 60.7 Å². The van der Waals surface area contributed by atoms with Gasteiger partial charge in [0.05, 0.1) is 18.2 Å². The molecule has 1 aliphatic rings. The summed E-state index contributed by atoms with van der Waals surface area (Å²) in [5.41, 5.74) is 0.177. The molecule has 1 N–H and O–H groups in total. The average molecular weight is 428 g/mol. The fraction of sp³-hybridized carbons (Fsp3) is 0.238. The molecular weight excluding hydrogens is 413 g/mol. The quantitative estimate of drug-likeness (QED) is 0.513. The van der Waals surface area contributed by atoms with Crippen molar-refractivity contribution in [2.75, 3.05) is 7.11 Å². The Bertz CT molecular complexity index is 1340. The van der Waals surface area contributed by atoms with Crippen molar-refractivity contribution in [3.05, 3.63) is 53.3 Å². The number of nitrogens with zero attached hydrogens (tertiary/aromatic N) is 4. The summed E-state index contributed by atoms with van der Waals surface area (Å²) >= 11 is 0. The number of carbonyl (C=O) groups is 1. The van der Waals surface area contributed by atoms with Crippen LogP contribution in [-0.2, 0) is 6.18 Å². The van der Waals surface area contributed by atoms with Crippen molar-refractivity contribution in [2.24, 2.45) is 0 Å². The van der Waals surface area contributed by atoms with Crippen LogP contribution in [0.5, 0.6) is 5.75 Å². The van der Waals surface area contributed by atoms with E-state index in [1.165, 1.54) is 13.2 Å². The second-order valence-electron chi connectivity index (χ2n) is 7.36. The zero-order valence-electron chi connectivity index (χ0n) is 16.1. The maximum absolute atomic E-state index is 13.4. The molecule has 10 heteroatoms. The van der Waals surface area contributed by atoms with Crippen LogP contribution in [0.4, 0.5) is 13.2 Å². The van der Waals surface area contributed by atoms with Gasteiger partial charge in [-0.2, -0.15) is 13.2 Å². The zero-order chi connectivity index (χ0) is 21.9. The van der Waals surface area contributed by atoms with E-state index < -0.39 is 17.8 Å². The number of pyridine rings is 1. The maximum atomic E-state index is 13.4. The van der Waals surface area contributed by atoms with Gasteiger partial charge in [-0.3, -0.25) is 0 Å². The van der Waals surface area contributed by atoms with Crippen molar-refractivity contribution >= 4 is 22.6 Å². The van der Waals surface area contributed by atoms with Gasteiger partial charge in [0, 0.05) is 5.56 Å². The van der Waals surface area contributed by atoms with E-state index in [0.717, 1.165) is 23.4 Å². The van der Waals surface area contributed by atoms with Crippen molar-refractivity contribution in [3.8, 4) is 17.0 Å². The van der Waals surface area contributed by atoms with Gasteiger partial charge in [0.1, 0.15) is 11.4 Å². The van der Waals surface area contributed by atoms with Crippen LogP contribution in [0, 0.1) is 0 Å². The molecule has 0 radical (unpaired) electrons. The molecule has 3 aromatic heterocycles. The molecule has 1 saturated carbocycles. The molecule has 7 nitrogen and oxygen atoms in total. The van der Waals surface area contributed by atoms with Crippen LogP contribution in [0.25, 0.3) is 27.9 Å². The summed E-state index contributed by atoms with van der Waals surface area (Å²) in [4.78, 5) is 20.2. The molecule has 0 aliphatic heterocycles. The Hall–Kier alpha value is -3.69. The summed E-state index contributed by atoms with van der Waals surface area (Å²) in [5, 5.41) is 14.2. The normalized spacial score (nSPS) is 14.3. The molecule has 3 heterocycles. The highest BCUT2D eigenvalue weighted by Gasteiger charge is 2.37. The van der Waals surface area contributed by atoms with E-state index in [-0.39, 0.29) is 22.9 Å². The summed E-state index contributed by atoms with van der Waals surface area (Å²) in [6.45, 7) is 0. The molecular formula is C21H15F3N4O3. The minimum absolute atomic E-state index is 0.0562. The first-order valence-corrected chi connectivity index (χ1v) is 9.45. The number of fused-ring (bicyclic) bond motifs is 3. The Balaban J connectivity index is 1.83. The fourth-order valence-corrected chi connectivity index (χ4v) is 3.63. The molecule has 5 rings (SSSR count). The van der Waals surface area contributed by atoms with Crippen LogP contribution in [0.15, 0.2) is 36.4 Å². The third-order valence-electron chi connectivity index (χ3n) is 5.29. The second-order valence-corrected chi connectivity index (χ2v) is 7.36. The van der Waals surface area contributed by atoms with Gasteiger partial charge in [0.15, 0.2) is 17.0 Å². The van der Waals surface area contributed by atoms with Crippen molar-refractivity contribution < 1.29 is 27.8 Å². The predicted octanol–water partition coefficient (Wildman–Crippen LogP) is 4.55. The van der Waals surface area contributed by atoms with E-state index in [1.54, 1.807) is 24.3 Å². The lowest BCUT2D eigenvalue weighted by atomic mass is 10.1. The smallest absolute Gasteiger partial charge is 0.433 e. The lowest BCUT2D eigenvalue weighted by Crippen LogP contribution is -2.09. The molecule has 0 bridgehead atoms. The predicted molar refractivity (Wildman–Crippen MR) is 104 cm³/mol. The maximum Gasteiger partial charge on any atom is 0.433 e. The number of hydrogen-bond acceptors (Lipinski definition) is 5. The van der Waals surface area contributed by atoms with Crippen LogP contribution < -0.4 is 4.74 Å². The lowest BCUT2D eigenvalue weighted by molar-refractivity contribution is -0.141. The van der Waals surface area contributed by atoms with Gasteiger partial charge in [0.2, 0.25) is 0 Å².